The summed E-state index contributed by atoms with van der Waals surface area (Å²) >= 11 is 0. The molecular formula is C17H30N4. The Hall–Kier alpha value is -1.13. The van der Waals surface area contributed by atoms with Crippen molar-refractivity contribution in [1.29, 1.82) is 0 Å². The van der Waals surface area contributed by atoms with E-state index in [1.807, 2.05) is 6.20 Å². The Morgan fingerprint density at radius 3 is 2.71 bits per heavy atom. The fourth-order valence-electron chi connectivity index (χ4n) is 2.99. The number of rotatable bonds is 6. The van der Waals surface area contributed by atoms with E-state index >= 15 is 0 Å². The molecule has 21 heavy (non-hydrogen) atoms. The van der Waals surface area contributed by atoms with E-state index in [4.69, 9.17) is 0 Å². The van der Waals surface area contributed by atoms with Crippen molar-refractivity contribution in [3.63, 3.8) is 0 Å². The minimum Gasteiger partial charge on any atom is -0.354 e. The summed E-state index contributed by atoms with van der Waals surface area (Å²) in [5.74, 6) is 1.11. The zero-order valence-corrected chi connectivity index (χ0v) is 14.0. The average molecular weight is 290 g/mol. The van der Waals surface area contributed by atoms with Crippen LogP contribution in [0.2, 0.25) is 0 Å². The van der Waals surface area contributed by atoms with Gasteiger partial charge in [-0.05, 0) is 45.0 Å². The van der Waals surface area contributed by atoms with Crippen molar-refractivity contribution in [2.75, 3.05) is 37.6 Å². The van der Waals surface area contributed by atoms with Crippen molar-refractivity contribution in [3.8, 4) is 0 Å². The van der Waals surface area contributed by atoms with E-state index < -0.39 is 0 Å². The standard InChI is InChI=1S/C17H30N4/c1-5-9-18-15(4)16-7-8-17(19-12-16)21-11-10-20(6-2)14(3)13-21/h7-8,12,14-15,18H,5-6,9-11,13H2,1-4H3. The number of hydrogen-bond acceptors (Lipinski definition) is 4. The zero-order chi connectivity index (χ0) is 15.2. The third-order valence-corrected chi connectivity index (χ3v) is 4.47. The Kier molecular flexibility index (Phi) is 6.00. The van der Waals surface area contributed by atoms with Crippen LogP contribution in [0.3, 0.4) is 0 Å². The van der Waals surface area contributed by atoms with Crippen LogP contribution in [0.1, 0.15) is 45.7 Å². The van der Waals surface area contributed by atoms with E-state index in [0.29, 0.717) is 12.1 Å². The van der Waals surface area contributed by atoms with Crippen LogP contribution in [-0.2, 0) is 0 Å². The Labute approximate surface area is 129 Å². The Balaban J connectivity index is 1.96. The summed E-state index contributed by atoms with van der Waals surface area (Å²) in [5, 5.41) is 3.51. The lowest BCUT2D eigenvalue weighted by Crippen LogP contribution is -2.51. The number of piperazine rings is 1. The summed E-state index contributed by atoms with van der Waals surface area (Å²) in [5.41, 5.74) is 1.27. The third-order valence-electron chi connectivity index (χ3n) is 4.47. The summed E-state index contributed by atoms with van der Waals surface area (Å²) in [6.45, 7) is 14.4. The molecule has 0 bridgehead atoms. The zero-order valence-electron chi connectivity index (χ0n) is 14.0. The second-order valence-electron chi connectivity index (χ2n) is 6.05. The van der Waals surface area contributed by atoms with Gasteiger partial charge in [0.05, 0.1) is 0 Å². The lowest BCUT2D eigenvalue weighted by molar-refractivity contribution is 0.199. The average Bonchev–Trinajstić information content (AvgIpc) is 2.52. The van der Waals surface area contributed by atoms with Crippen LogP contribution in [0.4, 0.5) is 5.82 Å². The molecule has 0 saturated carbocycles. The molecule has 1 saturated heterocycles. The first kappa shape index (κ1) is 16.2. The van der Waals surface area contributed by atoms with Gasteiger partial charge >= 0.3 is 0 Å². The first-order valence-electron chi connectivity index (χ1n) is 8.34. The number of anilines is 1. The minimum absolute atomic E-state index is 0.377. The normalized spacial score (nSPS) is 21.5. The van der Waals surface area contributed by atoms with E-state index in [2.05, 4.69) is 59.9 Å². The van der Waals surface area contributed by atoms with Crippen LogP contribution >= 0.6 is 0 Å². The van der Waals surface area contributed by atoms with E-state index in [1.54, 1.807) is 0 Å². The van der Waals surface area contributed by atoms with E-state index in [9.17, 15) is 0 Å². The van der Waals surface area contributed by atoms with Crippen molar-refractivity contribution in [2.24, 2.45) is 0 Å². The molecule has 2 rings (SSSR count). The van der Waals surface area contributed by atoms with Crippen molar-refractivity contribution >= 4 is 5.82 Å². The minimum atomic E-state index is 0.377. The van der Waals surface area contributed by atoms with Crippen LogP contribution in [0.15, 0.2) is 18.3 Å². The van der Waals surface area contributed by atoms with Gasteiger partial charge in [0.1, 0.15) is 5.82 Å². The number of aromatic nitrogens is 1. The highest BCUT2D eigenvalue weighted by atomic mass is 15.3. The molecular weight excluding hydrogens is 260 g/mol. The predicted molar refractivity (Wildman–Crippen MR) is 89.9 cm³/mol. The topological polar surface area (TPSA) is 31.4 Å². The molecule has 0 aromatic carbocycles. The van der Waals surface area contributed by atoms with E-state index in [0.717, 1.165) is 45.0 Å². The van der Waals surface area contributed by atoms with Crippen LogP contribution in [0.25, 0.3) is 0 Å². The Bertz CT molecular complexity index is 417. The van der Waals surface area contributed by atoms with Crippen molar-refractivity contribution in [3.05, 3.63) is 23.9 Å². The molecule has 2 atom stereocenters. The van der Waals surface area contributed by atoms with Gasteiger partial charge in [-0.25, -0.2) is 4.98 Å². The summed E-state index contributed by atoms with van der Waals surface area (Å²) in [6, 6.07) is 5.37. The lowest BCUT2D eigenvalue weighted by Gasteiger charge is -2.40. The monoisotopic (exact) mass is 290 g/mol. The maximum atomic E-state index is 4.68. The van der Waals surface area contributed by atoms with Gasteiger partial charge in [0.15, 0.2) is 0 Å². The fourth-order valence-corrected chi connectivity index (χ4v) is 2.99. The van der Waals surface area contributed by atoms with E-state index in [-0.39, 0.29) is 0 Å². The highest BCUT2D eigenvalue weighted by molar-refractivity contribution is 5.40. The van der Waals surface area contributed by atoms with Gasteiger partial charge in [0.25, 0.3) is 0 Å². The van der Waals surface area contributed by atoms with Gasteiger partial charge in [-0.3, -0.25) is 4.90 Å². The predicted octanol–water partition coefficient (Wildman–Crippen LogP) is 2.67. The van der Waals surface area contributed by atoms with Gasteiger partial charge in [-0.15, -0.1) is 0 Å². The smallest absolute Gasteiger partial charge is 0.128 e. The maximum Gasteiger partial charge on any atom is 0.128 e. The first-order valence-corrected chi connectivity index (χ1v) is 8.34. The molecule has 118 valence electrons. The van der Waals surface area contributed by atoms with Crippen molar-refractivity contribution in [1.82, 2.24) is 15.2 Å². The van der Waals surface area contributed by atoms with Crippen LogP contribution in [0.5, 0.6) is 0 Å². The number of likely N-dealkylation sites (N-methyl/N-ethyl adjacent to an activating group) is 1. The maximum absolute atomic E-state index is 4.68. The second-order valence-corrected chi connectivity index (χ2v) is 6.05. The molecule has 1 aliphatic heterocycles. The molecule has 1 aromatic rings. The van der Waals surface area contributed by atoms with Gasteiger partial charge in [0.2, 0.25) is 0 Å². The van der Waals surface area contributed by atoms with Gasteiger partial charge in [-0.2, -0.15) is 0 Å². The molecule has 0 spiro atoms. The molecule has 4 nitrogen and oxygen atoms in total. The number of pyridine rings is 1. The molecule has 1 aliphatic rings. The van der Waals surface area contributed by atoms with Crippen LogP contribution < -0.4 is 10.2 Å². The molecule has 1 N–H and O–H groups in total. The summed E-state index contributed by atoms with van der Waals surface area (Å²) in [4.78, 5) is 9.62. The number of hydrogen-bond donors (Lipinski definition) is 1. The molecule has 1 aromatic heterocycles. The SMILES string of the molecule is CCCNC(C)c1ccc(N2CCN(CC)C(C)C2)nc1. The molecule has 2 heterocycles. The molecule has 0 aliphatic carbocycles. The Morgan fingerprint density at radius 2 is 2.14 bits per heavy atom. The second kappa shape index (κ2) is 7.76. The van der Waals surface area contributed by atoms with Crippen LogP contribution in [0, 0.1) is 0 Å². The van der Waals surface area contributed by atoms with Gasteiger partial charge < -0.3 is 10.2 Å². The summed E-state index contributed by atoms with van der Waals surface area (Å²) in [6.07, 6.45) is 3.19. The van der Waals surface area contributed by atoms with Gasteiger partial charge in [-0.1, -0.05) is 19.9 Å². The highest BCUT2D eigenvalue weighted by Gasteiger charge is 2.23. The molecule has 4 heteroatoms. The summed E-state index contributed by atoms with van der Waals surface area (Å²) < 4.78 is 0. The fraction of sp³-hybridized carbons (Fsp3) is 0.706. The molecule has 0 radical (unpaired) electrons. The third kappa shape index (κ3) is 4.17. The first-order chi connectivity index (χ1) is 10.2. The summed E-state index contributed by atoms with van der Waals surface area (Å²) in [7, 11) is 0. The van der Waals surface area contributed by atoms with Crippen LogP contribution in [-0.4, -0.2) is 48.6 Å². The molecule has 1 fully saturated rings. The van der Waals surface area contributed by atoms with Crippen molar-refractivity contribution in [2.45, 2.75) is 46.2 Å². The highest BCUT2D eigenvalue weighted by Crippen LogP contribution is 2.19. The number of nitrogens with zero attached hydrogens (tertiary/aromatic N) is 3. The quantitative estimate of drug-likeness (QED) is 0.873. The van der Waals surface area contributed by atoms with Crippen molar-refractivity contribution < 1.29 is 0 Å². The van der Waals surface area contributed by atoms with E-state index in [1.165, 1.54) is 5.56 Å². The molecule has 2 unspecified atom stereocenters. The largest absolute Gasteiger partial charge is 0.354 e. The number of nitrogens with one attached hydrogen (secondary N) is 1. The van der Waals surface area contributed by atoms with Gasteiger partial charge in [0, 0.05) is 37.9 Å². The molecule has 0 amide bonds. The Morgan fingerprint density at radius 1 is 1.33 bits per heavy atom. The lowest BCUT2D eigenvalue weighted by atomic mass is 10.1.